The molecule has 0 spiro atoms. The number of thiazole rings is 1. The van der Waals surface area contributed by atoms with Crippen molar-refractivity contribution in [3.8, 4) is 11.3 Å². The zero-order chi connectivity index (χ0) is 13.8. The summed E-state index contributed by atoms with van der Waals surface area (Å²) in [6.45, 7) is 10.6. The summed E-state index contributed by atoms with van der Waals surface area (Å²) in [4.78, 5) is 6.06. The van der Waals surface area contributed by atoms with Gasteiger partial charge in [-0.3, -0.25) is 0 Å². The second kappa shape index (κ2) is 6.31. The van der Waals surface area contributed by atoms with Crippen molar-refractivity contribution >= 4 is 11.3 Å². The van der Waals surface area contributed by atoms with Gasteiger partial charge in [-0.2, -0.15) is 0 Å². The van der Waals surface area contributed by atoms with Crippen LogP contribution in [0, 0.1) is 19.8 Å². The summed E-state index contributed by atoms with van der Waals surface area (Å²) < 4.78 is 0. The van der Waals surface area contributed by atoms with Gasteiger partial charge in [0.1, 0.15) is 5.01 Å². The topological polar surface area (TPSA) is 24.9 Å². The van der Waals surface area contributed by atoms with Crippen molar-refractivity contribution in [2.75, 3.05) is 6.54 Å². The van der Waals surface area contributed by atoms with Gasteiger partial charge in [0.05, 0.1) is 5.69 Å². The molecule has 0 atom stereocenters. The number of aromatic nitrogens is 1. The molecule has 102 valence electrons. The fourth-order valence-electron chi connectivity index (χ4n) is 1.97. The van der Waals surface area contributed by atoms with Gasteiger partial charge in [0.2, 0.25) is 0 Å². The fraction of sp³-hybridized carbons (Fsp3) is 0.438. The van der Waals surface area contributed by atoms with Gasteiger partial charge in [0.15, 0.2) is 0 Å². The minimum atomic E-state index is 0.678. The number of nitrogens with one attached hydrogen (secondary N) is 1. The average Bonchev–Trinajstić information content (AvgIpc) is 2.71. The first-order valence-electron chi connectivity index (χ1n) is 6.80. The molecule has 0 aliphatic rings. The Hall–Kier alpha value is -1.19. The quantitative estimate of drug-likeness (QED) is 0.885. The van der Waals surface area contributed by atoms with E-state index in [1.807, 2.05) is 0 Å². The minimum Gasteiger partial charge on any atom is -0.310 e. The summed E-state index contributed by atoms with van der Waals surface area (Å²) in [7, 11) is 0. The zero-order valence-corrected chi connectivity index (χ0v) is 13.0. The van der Waals surface area contributed by atoms with Crippen LogP contribution in [0.1, 0.15) is 29.3 Å². The lowest BCUT2D eigenvalue weighted by Gasteiger charge is -2.04. The van der Waals surface area contributed by atoms with Crippen LogP contribution < -0.4 is 5.32 Å². The molecule has 19 heavy (non-hydrogen) atoms. The van der Waals surface area contributed by atoms with Crippen molar-refractivity contribution in [1.29, 1.82) is 0 Å². The Kier molecular flexibility index (Phi) is 4.72. The SMILES string of the molecule is Cc1ccc(-c2nc(CNCC(C)C)sc2C)cc1. The van der Waals surface area contributed by atoms with Gasteiger partial charge in [0, 0.05) is 17.0 Å². The van der Waals surface area contributed by atoms with Gasteiger partial charge in [-0.05, 0) is 26.3 Å². The van der Waals surface area contributed by atoms with E-state index < -0.39 is 0 Å². The normalized spacial score (nSPS) is 11.2. The molecule has 0 fully saturated rings. The largest absolute Gasteiger partial charge is 0.310 e. The van der Waals surface area contributed by atoms with E-state index in [1.165, 1.54) is 21.0 Å². The van der Waals surface area contributed by atoms with Gasteiger partial charge in [0.25, 0.3) is 0 Å². The van der Waals surface area contributed by atoms with E-state index in [0.717, 1.165) is 18.8 Å². The van der Waals surface area contributed by atoms with Crippen molar-refractivity contribution < 1.29 is 0 Å². The molecule has 0 saturated heterocycles. The molecule has 0 saturated carbocycles. The van der Waals surface area contributed by atoms with E-state index in [4.69, 9.17) is 4.98 Å². The molecule has 0 amide bonds. The summed E-state index contributed by atoms with van der Waals surface area (Å²) >= 11 is 1.79. The van der Waals surface area contributed by atoms with E-state index in [-0.39, 0.29) is 0 Å². The molecule has 0 aliphatic heterocycles. The zero-order valence-electron chi connectivity index (χ0n) is 12.2. The molecular formula is C16H22N2S. The van der Waals surface area contributed by atoms with Gasteiger partial charge >= 0.3 is 0 Å². The standard InChI is InChI=1S/C16H22N2S/c1-11(2)9-17-10-15-18-16(13(4)19-15)14-7-5-12(3)6-8-14/h5-8,11,17H,9-10H2,1-4H3. The van der Waals surface area contributed by atoms with Crippen molar-refractivity contribution in [1.82, 2.24) is 10.3 Å². The Balaban J connectivity index is 2.10. The third-order valence-electron chi connectivity index (χ3n) is 2.99. The van der Waals surface area contributed by atoms with Crippen LogP contribution in [0.3, 0.4) is 0 Å². The van der Waals surface area contributed by atoms with Crippen LogP contribution in [0.25, 0.3) is 11.3 Å². The molecule has 2 aromatic rings. The minimum absolute atomic E-state index is 0.678. The van der Waals surface area contributed by atoms with E-state index in [9.17, 15) is 0 Å². The molecule has 0 bridgehead atoms. The maximum Gasteiger partial charge on any atom is 0.107 e. The Bertz CT molecular complexity index is 526. The Morgan fingerprint density at radius 2 is 1.84 bits per heavy atom. The summed E-state index contributed by atoms with van der Waals surface area (Å²) in [5.41, 5.74) is 3.64. The summed E-state index contributed by atoms with van der Waals surface area (Å²) in [6, 6.07) is 8.60. The Morgan fingerprint density at radius 3 is 2.47 bits per heavy atom. The first-order valence-corrected chi connectivity index (χ1v) is 7.62. The van der Waals surface area contributed by atoms with Crippen LogP contribution in [0.4, 0.5) is 0 Å². The highest BCUT2D eigenvalue weighted by atomic mass is 32.1. The molecule has 1 N–H and O–H groups in total. The van der Waals surface area contributed by atoms with Crippen molar-refractivity contribution in [2.45, 2.75) is 34.2 Å². The number of rotatable bonds is 5. The van der Waals surface area contributed by atoms with E-state index >= 15 is 0 Å². The summed E-state index contributed by atoms with van der Waals surface area (Å²) in [5.74, 6) is 0.678. The smallest absolute Gasteiger partial charge is 0.107 e. The van der Waals surface area contributed by atoms with Crippen LogP contribution in [-0.2, 0) is 6.54 Å². The number of hydrogen-bond donors (Lipinski definition) is 1. The molecule has 0 aliphatic carbocycles. The third-order valence-corrected chi connectivity index (χ3v) is 3.97. The van der Waals surface area contributed by atoms with E-state index in [0.29, 0.717) is 5.92 Å². The molecule has 2 rings (SSSR count). The number of nitrogens with zero attached hydrogens (tertiary/aromatic N) is 1. The lowest BCUT2D eigenvalue weighted by molar-refractivity contribution is 0.551. The van der Waals surface area contributed by atoms with Gasteiger partial charge in [-0.25, -0.2) is 4.98 Å². The molecule has 1 heterocycles. The second-order valence-corrected chi connectivity index (χ2v) is 6.69. The monoisotopic (exact) mass is 274 g/mol. The second-order valence-electron chi connectivity index (χ2n) is 5.40. The number of benzene rings is 1. The van der Waals surface area contributed by atoms with Crippen molar-refractivity contribution in [3.05, 3.63) is 39.7 Å². The maximum absolute atomic E-state index is 4.76. The number of hydrogen-bond acceptors (Lipinski definition) is 3. The predicted octanol–water partition coefficient (Wildman–Crippen LogP) is 4.17. The average molecular weight is 274 g/mol. The lowest BCUT2D eigenvalue weighted by Crippen LogP contribution is -2.18. The molecule has 1 aromatic carbocycles. The maximum atomic E-state index is 4.76. The third kappa shape index (κ3) is 3.88. The molecule has 2 nitrogen and oxygen atoms in total. The molecule has 0 radical (unpaired) electrons. The molecule has 1 aromatic heterocycles. The highest BCUT2D eigenvalue weighted by molar-refractivity contribution is 7.12. The van der Waals surface area contributed by atoms with Gasteiger partial charge < -0.3 is 5.32 Å². The summed E-state index contributed by atoms with van der Waals surface area (Å²) in [5, 5.41) is 4.62. The highest BCUT2D eigenvalue weighted by Gasteiger charge is 2.09. The predicted molar refractivity (Wildman–Crippen MR) is 83.6 cm³/mol. The van der Waals surface area contributed by atoms with Crippen LogP contribution in [0.2, 0.25) is 0 Å². The highest BCUT2D eigenvalue weighted by Crippen LogP contribution is 2.27. The van der Waals surface area contributed by atoms with Gasteiger partial charge in [-0.15, -0.1) is 11.3 Å². The molecule has 3 heteroatoms. The first kappa shape index (κ1) is 14.2. The van der Waals surface area contributed by atoms with Crippen LogP contribution in [-0.4, -0.2) is 11.5 Å². The van der Waals surface area contributed by atoms with Crippen LogP contribution >= 0.6 is 11.3 Å². The lowest BCUT2D eigenvalue weighted by atomic mass is 10.1. The number of aryl methyl sites for hydroxylation is 2. The summed E-state index contributed by atoms with van der Waals surface area (Å²) in [6.07, 6.45) is 0. The van der Waals surface area contributed by atoms with Gasteiger partial charge in [-0.1, -0.05) is 43.7 Å². The van der Waals surface area contributed by atoms with Crippen molar-refractivity contribution in [3.63, 3.8) is 0 Å². The van der Waals surface area contributed by atoms with Crippen LogP contribution in [0.15, 0.2) is 24.3 Å². The Labute approximate surface area is 119 Å². The fourth-order valence-corrected chi connectivity index (χ4v) is 2.90. The first-order chi connectivity index (χ1) is 9.06. The van der Waals surface area contributed by atoms with Crippen LogP contribution in [0.5, 0.6) is 0 Å². The van der Waals surface area contributed by atoms with E-state index in [2.05, 4.69) is 57.3 Å². The molecule has 0 unspecified atom stereocenters. The Morgan fingerprint density at radius 1 is 1.16 bits per heavy atom. The molecular weight excluding hydrogens is 252 g/mol. The van der Waals surface area contributed by atoms with E-state index in [1.54, 1.807) is 11.3 Å². The van der Waals surface area contributed by atoms with Crippen molar-refractivity contribution in [2.24, 2.45) is 5.92 Å².